The highest BCUT2D eigenvalue weighted by atomic mass is 16.5. The lowest BCUT2D eigenvalue weighted by Crippen LogP contribution is -2.39. The van der Waals surface area contributed by atoms with Gasteiger partial charge >= 0.3 is 5.97 Å². The highest BCUT2D eigenvalue weighted by Crippen LogP contribution is 2.30. The van der Waals surface area contributed by atoms with E-state index in [9.17, 15) is 9.59 Å². The lowest BCUT2D eigenvalue weighted by molar-refractivity contribution is -0.124. The van der Waals surface area contributed by atoms with Crippen molar-refractivity contribution < 1.29 is 19.4 Å². The summed E-state index contributed by atoms with van der Waals surface area (Å²) < 4.78 is 5.67. The van der Waals surface area contributed by atoms with Gasteiger partial charge in [0.25, 0.3) is 5.91 Å². The van der Waals surface area contributed by atoms with Crippen LogP contribution in [0.3, 0.4) is 0 Å². The average Bonchev–Trinajstić information content (AvgIpc) is 3.04. The molecule has 0 radical (unpaired) electrons. The number of amides is 1. The molecule has 1 atom stereocenters. The summed E-state index contributed by atoms with van der Waals surface area (Å²) in [7, 11) is 0. The standard InChI is InChI=1S/C19H16N2O4/c1-12(25-16-5-2-13(11-20)3-6-16)18(22)21-9-8-14-10-15(19(23)24)4-7-17(14)21/h2-7,10,12H,8-9H2,1H3,(H,23,24). The Hall–Kier alpha value is -3.33. The lowest BCUT2D eigenvalue weighted by atomic mass is 10.1. The first-order chi connectivity index (χ1) is 12.0. The molecule has 3 rings (SSSR count). The van der Waals surface area contributed by atoms with E-state index in [0.29, 0.717) is 24.3 Å². The zero-order valence-electron chi connectivity index (χ0n) is 13.6. The molecule has 1 amide bonds. The fraction of sp³-hybridized carbons (Fsp3) is 0.211. The van der Waals surface area contributed by atoms with Crippen LogP contribution in [0.4, 0.5) is 5.69 Å². The molecule has 0 fully saturated rings. The van der Waals surface area contributed by atoms with Crippen molar-refractivity contribution in [2.75, 3.05) is 11.4 Å². The zero-order valence-corrected chi connectivity index (χ0v) is 13.6. The first-order valence-electron chi connectivity index (χ1n) is 7.84. The second-order valence-electron chi connectivity index (χ2n) is 5.78. The van der Waals surface area contributed by atoms with Crippen molar-refractivity contribution in [1.29, 1.82) is 5.26 Å². The van der Waals surface area contributed by atoms with Crippen LogP contribution in [0, 0.1) is 11.3 Å². The van der Waals surface area contributed by atoms with Crippen molar-refractivity contribution in [2.24, 2.45) is 0 Å². The molecule has 1 aliphatic rings. The van der Waals surface area contributed by atoms with E-state index in [1.807, 2.05) is 6.07 Å². The van der Waals surface area contributed by atoms with Crippen LogP contribution in [0.2, 0.25) is 0 Å². The fourth-order valence-corrected chi connectivity index (χ4v) is 2.85. The van der Waals surface area contributed by atoms with E-state index < -0.39 is 12.1 Å². The lowest BCUT2D eigenvalue weighted by Gasteiger charge is -2.22. The number of hydrogen-bond donors (Lipinski definition) is 1. The monoisotopic (exact) mass is 336 g/mol. The fourth-order valence-electron chi connectivity index (χ4n) is 2.85. The first-order valence-corrected chi connectivity index (χ1v) is 7.84. The van der Waals surface area contributed by atoms with E-state index in [4.69, 9.17) is 15.1 Å². The Bertz CT molecular complexity index is 868. The van der Waals surface area contributed by atoms with Gasteiger partial charge in [-0.1, -0.05) is 0 Å². The quantitative estimate of drug-likeness (QED) is 0.927. The predicted molar refractivity (Wildman–Crippen MR) is 90.7 cm³/mol. The minimum atomic E-state index is -0.981. The van der Waals surface area contributed by atoms with Crippen LogP contribution in [-0.4, -0.2) is 29.6 Å². The minimum Gasteiger partial charge on any atom is -0.481 e. The van der Waals surface area contributed by atoms with Gasteiger partial charge in [0.2, 0.25) is 0 Å². The molecule has 1 heterocycles. The number of carboxylic acids is 1. The molecule has 0 aromatic heterocycles. The number of benzene rings is 2. The van der Waals surface area contributed by atoms with E-state index in [1.165, 1.54) is 6.07 Å². The van der Waals surface area contributed by atoms with Crippen LogP contribution < -0.4 is 9.64 Å². The number of aromatic carboxylic acids is 1. The van der Waals surface area contributed by atoms with E-state index in [2.05, 4.69) is 0 Å². The molecule has 2 aromatic rings. The van der Waals surface area contributed by atoms with Gasteiger partial charge in [-0.05, 0) is 61.4 Å². The molecule has 2 aromatic carbocycles. The van der Waals surface area contributed by atoms with Gasteiger partial charge < -0.3 is 14.7 Å². The normalized spacial score (nSPS) is 13.7. The Morgan fingerprint density at radius 3 is 2.60 bits per heavy atom. The van der Waals surface area contributed by atoms with Crippen molar-refractivity contribution in [3.63, 3.8) is 0 Å². The molecule has 0 aliphatic carbocycles. The summed E-state index contributed by atoms with van der Waals surface area (Å²) in [5, 5.41) is 17.9. The number of ether oxygens (including phenoxy) is 1. The largest absolute Gasteiger partial charge is 0.481 e. The first kappa shape index (κ1) is 16.5. The highest BCUT2D eigenvalue weighted by Gasteiger charge is 2.29. The molecular formula is C19H16N2O4. The Balaban J connectivity index is 1.73. The van der Waals surface area contributed by atoms with E-state index in [1.54, 1.807) is 48.2 Å². The van der Waals surface area contributed by atoms with Crippen molar-refractivity contribution in [1.82, 2.24) is 0 Å². The number of rotatable bonds is 4. The van der Waals surface area contributed by atoms with Crippen LogP contribution in [-0.2, 0) is 11.2 Å². The van der Waals surface area contributed by atoms with Gasteiger partial charge in [-0.25, -0.2) is 4.79 Å². The third kappa shape index (κ3) is 3.31. The van der Waals surface area contributed by atoms with Crippen LogP contribution in [0.25, 0.3) is 0 Å². The smallest absolute Gasteiger partial charge is 0.335 e. The van der Waals surface area contributed by atoms with Crippen molar-refractivity contribution >= 4 is 17.6 Å². The summed E-state index contributed by atoms with van der Waals surface area (Å²) >= 11 is 0. The van der Waals surface area contributed by atoms with E-state index in [-0.39, 0.29) is 11.5 Å². The molecule has 6 nitrogen and oxygen atoms in total. The molecular weight excluding hydrogens is 320 g/mol. The summed E-state index contributed by atoms with van der Waals surface area (Å²) in [5.41, 5.74) is 2.31. The Morgan fingerprint density at radius 1 is 1.24 bits per heavy atom. The molecule has 126 valence electrons. The summed E-state index contributed by atoms with van der Waals surface area (Å²) in [5.74, 6) is -0.656. The third-order valence-electron chi connectivity index (χ3n) is 4.13. The molecule has 1 N–H and O–H groups in total. The van der Waals surface area contributed by atoms with Crippen LogP contribution in [0.15, 0.2) is 42.5 Å². The molecule has 1 aliphatic heterocycles. The summed E-state index contributed by atoms with van der Waals surface area (Å²) in [6, 6.07) is 13.4. The highest BCUT2D eigenvalue weighted by molar-refractivity contribution is 5.99. The van der Waals surface area contributed by atoms with Gasteiger partial charge in [-0.2, -0.15) is 5.26 Å². The van der Waals surface area contributed by atoms with Gasteiger partial charge in [0, 0.05) is 12.2 Å². The summed E-state index contributed by atoms with van der Waals surface area (Å²) in [4.78, 5) is 25.4. The van der Waals surface area contributed by atoms with Gasteiger partial charge in [0.1, 0.15) is 5.75 Å². The maximum absolute atomic E-state index is 12.7. The number of carbonyl (C=O) groups excluding carboxylic acids is 1. The van der Waals surface area contributed by atoms with Crippen LogP contribution >= 0.6 is 0 Å². The van der Waals surface area contributed by atoms with E-state index >= 15 is 0 Å². The number of fused-ring (bicyclic) bond motifs is 1. The number of anilines is 1. The molecule has 0 saturated heterocycles. The zero-order chi connectivity index (χ0) is 18.0. The molecule has 25 heavy (non-hydrogen) atoms. The number of nitriles is 1. The number of hydrogen-bond acceptors (Lipinski definition) is 4. The second-order valence-corrected chi connectivity index (χ2v) is 5.78. The second kappa shape index (κ2) is 6.65. The van der Waals surface area contributed by atoms with Gasteiger partial charge in [-0.3, -0.25) is 4.79 Å². The van der Waals surface area contributed by atoms with Crippen LogP contribution in [0.5, 0.6) is 5.75 Å². The molecule has 1 unspecified atom stereocenters. The van der Waals surface area contributed by atoms with Gasteiger partial charge in [0.05, 0.1) is 17.2 Å². The van der Waals surface area contributed by atoms with Gasteiger partial charge in [0.15, 0.2) is 6.10 Å². The summed E-state index contributed by atoms with van der Waals surface area (Å²) in [6.07, 6.45) is -0.0794. The van der Waals surface area contributed by atoms with Crippen molar-refractivity contribution in [3.05, 3.63) is 59.2 Å². The predicted octanol–water partition coefficient (Wildman–Crippen LogP) is 2.61. The molecule has 0 saturated carbocycles. The SMILES string of the molecule is CC(Oc1ccc(C#N)cc1)C(=O)N1CCc2cc(C(=O)O)ccc21. The van der Waals surface area contributed by atoms with Crippen molar-refractivity contribution in [3.8, 4) is 11.8 Å². The topological polar surface area (TPSA) is 90.6 Å². The Labute approximate surface area is 144 Å². The Morgan fingerprint density at radius 2 is 1.96 bits per heavy atom. The van der Waals surface area contributed by atoms with E-state index in [0.717, 1.165) is 11.3 Å². The van der Waals surface area contributed by atoms with Gasteiger partial charge in [-0.15, -0.1) is 0 Å². The third-order valence-corrected chi connectivity index (χ3v) is 4.13. The number of nitrogens with zero attached hydrogens (tertiary/aromatic N) is 2. The molecule has 0 spiro atoms. The minimum absolute atomic E-state index is 0.189. The maximum atomic E-state index is 12.7. The van der Waals surface area contributed by atoms with Crippen molar-refractivity contribution in [2.45, 2.75) is 19.4 Å². The van der Waals surface area contributed by atoms with Crippen LogP contribution in [0.1, 0.15) is 28.4 Å². The maximum Gasteiger partial charge on any atom is 0.335 e. The molecule has 6 heteroatoms. The average molecular weight is 336 g/mol. The number of carboxylic acid groups (broad SMARTS) is 1. The summed E-state index contributed by atoms with van der Waals surface area (Å²) in [6.45, 7) is 2.17. The molecule has 0 bridgehead atoms. The Kier molecular flexibility index (Phi) is 4.40. The number of carbonyl (C=O) groups is 2.